The molecule has 0 fully saturated rings. The molecule has 1 amide bonds. The van der Waals surface area contributed by atoms with E-state index < -0.39 is 16.1 Å². The quantitative estimate of drug-likeness (QED) is 0.427. The third-order valence-electron chi connectivity index (χ3n) is 1.27. The zero-order valence-corrected chi connectivity index (χ0v) is 9.07. The SMILES string of the molecule is O=C(O)NCCNS(=O)(=O)CCCCl. The highest BCUT2D eigenvalue weighted by molar-refractivity contribution is 7.89. The van der Waals surface area contributed by atoms with Crippen LogP contribution in [0.4, 0.5) is 4.79 Å². The lowest BCUT2D eigenvalue weighted by molar-refractivity contribution is 0.194. The summed E-state index contributed by atoms with van der Waals surface area (Å²) in [6, 6.07) is 0. The maximum absolute atomic E-state index is 11.1. The smallest absolute Gasteiger partial charge is 0.404 e. The molecule has 14 heavy (non-hydrogen) atoms. The van der Waals surface area contributed by atoms with Crippen molar-refractivity contribution < 1.29 is 18.3 Å². The second-order valence-electron chi connectivity index (χ2n) is 2.49. The monoisotopic (exact) mass is 244 g/mol. The Kier molecular flexibility index (Phi) is 6.60. The lowest BCUT2D eigenvalue weighted by Gasteiger charge is -2.05. The van der Waals surface area contributed by atoms with Crippen LogP contribution in [0.25, 0.3) is 0 Å². The van der Waals surface area contributed by atoms with Crippen LogP contribution >= 0.6 is 11.6 Å². The van der Waals surface area contributed by atoms with E-state index in [0.29, 0.717) is 6.42 Å². The minimum Gasteiger partial charge on any atom is -0.465 e. The van der Waals surface area contributed by atoms with Crippen LogP contribution in [0.15, 0.2) is 0 Å². The summed E-state index contributed by atoms with van der Waals surface area (Å²) in [5.41, 5.74) is 0. The predicted octanol–water partition coefficient (Wildman–Crippen LogP) is -0.198. The number of amides is 1. The van der Waals surface area contributed by atoms with Crippen LogP contribution in [-0.2, 0) is 10.0 Å². The van der Waals surface area contributed by atoms with E-state index in [2.05, 4.69) is 4.72 Å². The molecule has 0 saturated carbocycles. The van der Waals surface area contributed by atoms with E-state index in [0.717, 1.165) is 0 Å². The molecule has 0 bridgehead atoms. The van der Waals surface area contributed by atoms with Crippen molar-refractivity contribution in [1.82, 2.24) is 10.0 Å². The average Bonchev–Trinajstić information content (AvgIpc) is 2.09. The molecule has 0 aliphatic carbocycles. The Balaban J connectivity index is 3.61. The van der Waals surface area contributed by atoms with E-state index >= 15 is 0 Å². The lowest BCUT2D eigenvalue weighted by Crippen LogP contribution is -2.35. The number of carbonyl (C=O) groups is 1. The Hall–Kier alpha value is -0.530. The first-order valence-corrected chi connectivity index (χ1v) is 6.17. The maximum Gasteiger partial charge on any atom is 0.404 e. The van der Waals surface area contributed by atoms with Gasteiger partial charge in [-0.25, -0.2) is 17.9 Å². The van der Waals surface area contributed by atoms with E-state index in [1.165, 1.54) is 0 Å². The van der Waals surface area contributed by atoms with Crippen molar-refractivity contribution >= 4 is 27.7 Å². The van der Waals surface area contributed by atoms with E-state index in [-0.39, 0.29) is 24.7 Å². The Labute approximate surface area is 87.7 Å². The third kappa shape index (κ3) is 8.09. The molecular weight excluding hydrogens is 232 g/mol. The van der Waals surface area contributed by atoms with Crippen molar-refractivity contribution in [2.75, 3.05) is 24.7 Å². The first-order chi connectivity index (χ1) is 6.48. The summed E-state index contributed by atoms with van der Waals surface area (Å²) >= 11 is 5.33. The minimum atomic E-state index is -3.31. The minimum absolute atomic E-state index is 0.0381. The maximum atomic E-state index is 11.1. The van der Waals surface area contributed by atoms with Gasteiger partial charge in [0.2, 0.25) is 10.0 Å². The average molecular weight is 245 g/mol. The summed E-state index contributed by atoms with van der Waals surface area (Å²) in [6.45, 7) is 0.104. The van der Waals surface area contributed by atoms with Crippen LogP contribution in [0.2, 0.25) is 0 Å². The molecular formula is C6H13ClN2O4S. The third-order valence-corrected chi connectivity index (χ3v) is 3.01. The highest BCUT2D eigenvalue weighted by Crippen LogP contribution is 1.90. The number of nitrogens with one attached hydrogen (secondary N) is 2. The van der Waals surface area contributed by atoms with Gasteiger partial charge in [-0.15, -0.1) is 11.6 Å². The van der Waals surface area contributed by atoms with Gasteiger partial charge >= 0.3 is 6.09 Å². The number of sulfonamides is 1. The van der Waals surface area contributed by atoms with E-state index in [4.69, 9.17) is 16.7 Å². The normalized spacial score (nSPS) is 11.2. The van der Waals surface area contributed by atoms with Crippen LogP contribution in [-0.4, -0.2) is 44.3 Å². The fraction of sp³-hybridized carbons (Fsp3) is 0.833. The van der Waals surface area contributed by atoms with Crippen LogP contribution in [0.1, 0.15) is 6.42 Å². The van der Waals surface area contributed by atoms with Crippen molar-refractivity contribution in [2.45, 2.75) is 6.42 Å². The molecule has 6 nitrogen and oxygen atoms in total. The summed E-state index contributed by atoms with van der Waals surface area (Å²) in [5.74, 6) is 0.248. The highest BCUT2D eigenvalue weighted by Gasteiger charge is 2.08. The number of carboxylic acid groups (broad SMARTS) is 1. The van der Waals surface area contributed by atoms with E-state index in [1.54, 1.807) is 0 Å². The number of alkyl halides is 1. The van der Waals surface area contributed by atoms with Crippen molar-refractivity contribution in [1.29, 1.82) is 0 Å². The van der Waals surface area contributed by atoms with Gasteiger partial charge in [0, 0.05) is 19.0 Å². The van der Waals surface area contributed by atoms with Gasteiger partial charge in [0.05, 0.1) is 5.75 Å². The summed E-state index contributed by atoms with van der Waals surface area (Å²) < 4.78 is 24.4. The first-order valence-electron chi connectivity index (χ1n) is 3.98. The molecule has 0 aromatic carbocycles. The van der Waals surface area contributed by atoms with E-state index in [9.17, 15) is 13.2 Å². The highest BCUT2D eigenvalue weighted by atomic mass is 35.5. The van der Waals surface area contributed by atoms with Crippen molar-refractivity contribution in [2.24, 2.45) is 0 Å². The van der Waals surface area contributed by atoms with Crippen LogP contribution < -0.4 is 10.0 Å². The van der Waals surface area contributed by atoms with Gasteiger partial charge in [-0.2, -0.15) is 0 Å². The largest absolute Gasteiger partial charge is 0.465 e. The van der Waals surface area contributed by atoms with Crippen molar-refractivity contribution in [3.63, 3.8) is 0 Å². The van der Waals surface area contributed by atoms with Crippen LogP contribution in [0.5, 0.6) is 0 Å². The van der Waals surface area contributed by atoms with Crippen LogP contribution in [0.3, 0.4) is 0 Å². The number of hydrogen-bond acceptors (Lipinski definition) is 3. The zero-order valence-electron chi connectivity index (χ0n) is 7.49. The molecule has 0 aliphatic rings. The zero-order chi connectivity index (χ0) is 11.0. The number of halogens is 1. The van der Waals surface area contributed by atoms with Gasteiger partial charge in [0.1, 0.15) is 0 Å². The fourth-order valence-corrected chi connectivity index (χ4v) is 2.07. The predicted molar refractivity (Wildman–Crippen MR) is 53.2 cm³/mol. The molecule has 0 rings (SSSR count). The second-order valence-corrected chi connectivity index (χ2v) is 4.79. The van der Waals surface area contributed by atoms with Gasteiger partial charge in [0.15, 0.2) is 0 Å². The molecule has 0 unspecified atom stereocenters. The van der Waals surface area contributed by atoms with Gasteiger partial charge in [-0.05, 0) is 6.42 Å². The molecule has 84 valence electrons. The molecule has 8 heteroatoms. The van der Waals surface area contributed by atoms with Gasteiger partial charge in [-0.3, -0.25) is 0 Å². The lowest BCUT2D eigenvalue weighted by atomic mass is 10.6. The molecule has 0 saturated heterocycles. The Morgan fingerprint density at radius 1 is 1.36 bits per heavy atom. The van der Waals surface area contributed by atoms with E-state index in [1.807, 2.05) is 5.32 Å². The summed E-state index contributed by atoms with van der Waals surface area (Å²) in [7, 11) is -3.31. The van der Waals surface area contributed by atoms with Gasteiger partial charge in [-0.1, -0.05) is 0 Å². The Morgan fingerprint density at radius 2 is 2.00 bits per heavy atom. The first kappa shape index (κ1) is 13.5. The summed E-state index contributed by atoms with van der Waals surface area (Å²) in [6.07, 6.45) is -0.798. The molecule has 0 aromatic rings. The molecule has 0 aliphatic heterocycles. The molecule has 0 radical (unpaired) electrons. The Bertz CT molecular complexity index is 267. The van der Waals surface area contributed by atoms with Gasteiger partial charge < -0.3 is 10.4 Å². The summed E-state index contributed by atoms with van der Waals surface area (Å²) in [5, 5.41) is 10.2. The van der Waals surface area contributed by atoms with Crippen molar-refractivity contribution in [3.8, 4) is 0 Å². The molecule has 0 atom stereocenters. The molecule has 0 aromatic heterocycles. The molecule has 0 heterocycles. The second kappa shape index (κ2) is 6.86. The van der Waals surface area contributed by atoms with Crippen LogP contribution in [0, 0.1) is 0 Å². The molecule has 3 N–H and O–H groups in total. The number of rotatable bonds is 7. The summed E-state index contributed by atoms with van der Waals surface area (Å²) in [4.78, 5) is 9.99. The van der Waals surface area contributed by atoms with Gasteiger partial charge in [0.25, 0.3) is 0 Å². The fourth-order valence-electron chi connectivity index (χ4n) is 0.693. The Morgan fingerprint density at radius 3 is 2.50 bits per heavy atom. The standard InChI is InChI=1S/C6H13ClN2O4S/c7-2-1-5-14(12,13)9-4-3-8-6(10)11/h8-9H,1-5H2,(H,10,11). The van der Waals surface area contributed by atoms with Crippen molar-refractivity contribution in [3.05, 3.63) is 0 Å². The topological polar surface area (TPSA) is 95.5 Å². The number of hydrogen-bond donors (Lipinski definition) is 3. The molecule has 0 spiro atoms.